The molecule has 0 fully saturated rings. The van der Waals surface area contributed by atoms with Gasteiger partial charge in [0.2, 0.25) is 6.79 Å². The van der Waals surface area contributed by atoms with Gasteiger partial charge in [-0.3, -0.25) is 4.79 Å². The molecule has 1 heterocycles. The van der Waals surface area contributed by atoms with Crippen LogP contribution in [0.1, 0.15) is 21.5 Å². The number of nitrogens with one attached hydrogen (secondary N) is 1. The summed E-state index contributed by atoms with van der Waals surface area (Å²) in [5.74, 6) is 1.84. The predicted molar refractivity (Wildman–Crippen MR) is 106 cm³/mol. The topological polar surface area (TPSA) is 56.8 Å². The summed E-state index contributed by atoms with van der Waals surface area (Å²) in [6.07, 6.45) is 0. The van der Waals surface area contributed by atoms with Gasteiger partial charge < -0.3 is 19.5 Å². The summed E-state index contributed by atoms with van der Waals surface area (Å²) in [4.78, 5) is 12.5. The van der Waals surface area contributed by atoms with E-state index in [2.05, 4.69) is 5.32 Å². The van der Waals surface area contributed by atoms with Crippen LogP contribution in [0, 0.1) is 0 Å². The van der Waals surface area contributed by atoms with E-state index in [1.54, 1.807) is 18.2 Å². The van der Waals surface area contributed by atoms with E-state index in [0.29, 0.717) is 35.2 Å². The molecule has 0 unspecified atom stereocenters. The molecule has 0 radical (unpaired) electrons. The number of amides is 1. The number of benzene rings is 3. The molecule has 0 saturated carbocycles. The highest BCUT2D eigenvalue weighted by Gasteiger charge is 2.14. The molecule has 0 aromatic heterocycles. The van der Waals surface area contributed by atoms with Crippen molar-refractivity contribution in [2.45, 2.75) is 13.2 Å². The molecule has 142 valence electrons. The molecule has 28 heavy (non-hydrogen) atoms. The molecule has 1 aliphatic rings. The molecule has 0 atom stereocenters. The first-order valence-corrected chi connectivity index (χ1v) is 9.20. The Morgan fingerprint density at radius 2 is 1.86 bits per heavy atom. The first-order valence-electron chi connectivity index (χ1n) is 8.82. The van der Waals surface area contributed by atoms with Crippen LogP contribution >= 0.6 is 11.6 Å². The van der Waals surface area contributed by atoms with Crippen molar-refractivity contribution in [1.29, 1.82) is 0 Å². The molecular weight excluding hydrogens is 378 g/mol. The largest absolute Gasteiger partial charge is 0.489 e. The average Bonchev–Trinajstić information content (AvgIpc) is 3.19. The van der Waals surface area contributed by atoms with Crippen LogP contribution in [0.5, 0.6) is 17.2 Å². The molecule has 0 bridgehead atoms. The lowest BCUT2D eigenvalue weighted by Crippen LogP contribution is -2.22. The molecule has 4 rings (SSSR count). The molecule has 3 aromatic carbocycles. The van der Waals surface area contributed by atoms with Crippen molar-refractivity contribution in [3.05, 3.63) is 88.4 Å². The number of carbonyl (C=O) groups is 1. The van der Waals surface area contributed by atoms with Crippen molar-refractivity contribution < 1.29 is 19.0 Å². The Balaban J connectivity index is 1.37. The third-order valence-corrected chi connectivity index (χ3v) is 4.71. The van der Waals surface area contributed by atoms with E-state index in [1.165, 1.54) is 0 Å². The van der Waals surface area contributed by atoms with E-state index in [4.69, 9.17) is 25.8 Å². The number of rotatable bonds is 6. The highest BCUT2D eigenvalue weighted by atomic mass is 35.5. The van der Waals surface area contributed by atoms with Crippen molar-refractivity contribution in [3.8, 4) is 17.2 Å². The molecular formula is C22H18ClNO4. The summed E-state index contributed by atoms with van der Waals surface area (Å²) in [5.41, 5.74) is 2.35. The number of ether oxygens (including phenoxy) is 3. The zero-order chi connectivity index (χ0) is 19.3. The van der Waals surface area contributed by atoms with Crippen molar-refractivity contribution >= 4 is 17.5 Å². The van der Waals surface area contributed by atoms with E-state index in [0.717, 1.165) is 16.9 Å². The van der Waals surface area contributed by atoms with Gasteiger partial charge >= 0.3 is 0 Å². The minimum atomic E-state index is -0.180. The second-order valence-corrected chi connectivity index (χ2v) is 6.69. The van der Waals surface area contributed by atoms with Gasteiger partial charge in [0, 0.05) is 22.7 Å². The predicted octanol–water partition coefficient (Wildman–Crippen LogP) is 4.58. The summed E-state index contributed by atoms with van der Waals surface area (Å²) in [6.45, 7) is 0.953. The summed E-state index contributed by atoms with van der Waals surface area (Å²) >= 11 is 6.15. The Morgan fingerprint density at radius 3 is 2.75 bits per heavy atom. The molecule has 5 nitrogen and oxygen atoms in total. The molecule has 0 aliphatic carbocycles. The van der Waals surface area contributed by atoms with E-state index in [1.807, 2.05) is 48.5 Å². The Bertz CT molecular complexity index is 1010. The van der Waals surface area contributed by atoms with E-state index in [9.17, 15) is 4.79 Å². The maximum absolute atomic E-state index is 12.5. The maximum atomic E-state index is 12.5. The highest BCUT2D eigenvalue weighted by molar-refractivity contribution is 6.31. The van der Waals surface area contributed by atoms with Crippen molar-refractivity contribution in [1.82, 2.24) is 5.32 Å². The molecule has 3 aromatic rings. The Kier molecular flexibility index (Phi) is 5.35. The van der Waals surface area contributed by atoms with E-state index < -0.39 is 0 Å². The van der Waals surface area contributed by atoms with E-state index >= 15 is 0 Å². The number of halogens is 1. The van der Waals surface area contributed by atoms with Crippen LogP contribution in [-0.2, 0) is 13.2 Å². The third-order valence-electron chi connectivity index (χ3n) is 4.34. The molecule has 6 heteroatoms. The second-order valence-electron chi connectivity index (χ2n) is 6.28. The van der Waals surface area contributed by atoms with Gasteiger partial charge in [-0.25, -0.2) is 0 Å². The van der Waals surface area contributed by atoms with E-state index in [-0.39, 0.29) is 12.7 Å². The van der Waals surface area contributed by atoms with Crippen LogP contribution in [0.4, 0.5) is 0 Å². The fraction of sp³-hybridized carbons (Fsp3) is 0.136. The Labute approximate surface area is 167 Å². The molecule has 1 N–H and O–H groups in total. The summed E-state index contributed by atoms with van der Waals surface area (Å²) < 4.78 is 16.4. The SMILES string of the molecule is O=C(NCc1ccc2c(c1)OCO2)c1cccc(OCc2ccccc2Cl)c1. The Morgan fingerprint density at radius 1 is 1.00 bits per heavy atom. The van der Waals surface area contributed by atoms with Gasteiger partial charge in [0.25, 0.3) is 5.91 Å². The summed E-state index contributed by atoms with van der Waals surface area (Å²) in [7, 11) is 0. The third kappa shape index (κ3) is 4.21. The van der Waals surface area contributed by atoms with Crippen LogP contribution in [0.2, 0.25) is 5.02 Å². The van der Waals surface area contributed by atoms with Gasteiger partial charge in [-0.1, -0.05) is 41.9 Å². The lowest BCUT2D eigenvalue weighted by atomic mass is 10.1. The molecule has 0 spiro atoms. The van der Waals surface area contributed by atoms with Gasteiger partial charge in [-0.2, -0.15) is 0 Å². The fourth-order valence-electron chi connectivity index (χ4n) is 2.84. The number of hydrogen-bond acceptors (Lipinski definition) is 4. The van der Waals surface area contributed by atoms with Crippen LogP contribution in [0.3, 0.4) is 0 Å². The van der Waals surface area contributed by atoms with Crippen molar-refractivity contribution in [3.63, 3.8) is 0 Å². The van der Waals surface area contributed by atoms with Crippen molar-refractivity contribution in [2.75, 3.05) is 6.79 Å². The van der Waals surface area contributed by atoms with Crippen LogP contribution < -0.4 is 19.5 Å². The smallest absolute Gasteiger partial charge is 0.251 e. The summed E-state index contributed by atoms with van der Waals surface area (Å²) in [5, 5.41) is 3.56. The van der Waals surface area contributed by atoms with Gasteiger partial charge in [-0.15, -0.1) is 0 Å². The minimum Gasteiger partial charge on any atom is -0.489 e. The molecule has 1 aliphatic heterocycles. The summed E-state index contributed by atoms with van der Waals surface area (Å²) in [6, 6.07) is 20.2. The first-order chi connectivity index (χ1) is 13.7. The zero-order valence-corrected chi connectivity index (χ0v) is 15.7. The highest BCUT2D eigenvalue weighted by Crippen LogP contribution is 2.32. The quantitative estimate of drug-likeness (QED) is 0.663. The van der Waals surface area contributed by atoms with Gasteiger partial charge in [0.15, 0.2) is 11.5 Å². The average molecular weight is 396 g/mol. The molecule has 1 amide bonds. The van der Waals surface area contributed by atoms with Gasteiger partial charge in [0.1, 0.15) is 12.4 Å². The fourth-order valence-corrected chi connectivity index (χ4v) is 3.03. The van der Waals surface area contributed by atoms with Crippen LogP contribution in [-0.4, -0.2) is 12.7 Å². The maximum Gasteiger partial charge on any atom is 0.251 e. The van der Waals surface area contributed by atoms with Crippen LogP contribution in [0.15, 0.2) is 66.7 Å². The first kappa shape index (κ1) is 18.2. The minimum absolute atomic E-state index is 0.180. The molecule has 0 saturated heterocycles. The lowest BCUT2D eigenvalue weighted by molar-refractivity contribution is 0.0950. The Hall–Kier alpha value is -3.18. The van der Waals surface area contributed by atoms with Gasteiger partial charge in [0.05, 0.1) is 0 Å². The zero-order valence-electron chi connectivity index (χ0n) is 15.0. The second kappa shape index (κ2) is 8.23. The van der Waals surface area contributed by atoms with Gasteiger partial charge in [-0.05, 0) is 42.0 Å². The lowest BCUT2D eigenvalue weighted by Gasteiger charge is -2.10. The number of fused-ring (bicyclic) bond motifs is 1. The monoisotopic (exact) mass is 395 g/mol. The standard InChI is InChI=1S/C22H18ClNO4/c23-19-7-2-1-4-17(19)13-26-18-6-3-5-16(11-18)22(25)24-12-15-8-9-20-21(10-15)28-14-27-20/h1-11H,12-14H2,(H,24,25). The normalized spacial score (nSPS) is 11.9. The van der Waals surface area contributed by atoms with Crippen LogP contribution in [0.25, 0.3) is 0 Å². The van der Waals surface area contributed by atoms with Crippen molar-refractivity contribution in [2.24, 2.45) is 0 Å². The number of carbonyl (C=O) groups excluding carboxylic acids is 1. The number of hydrogen-bond donors (Lipinski definition) is 1.